The summed E-state index contributed by atoms with van der Waals surface area (Å²) in [6.07, 6.45) is 5.23. The standard InChI is InChI=1S/C11H13N3O/c1-9-2-3-10(4-13-9)6-14-8-12-5-11(14)7-15/h2-5,8,15H,6-7H2,1H3. The molecule has 0 bridgehead atoms. The largest absolute Gasteiger partial charge is 0.390 e. The first-order valence-corrected chi connectivity index (χ1v) is 4.81. The van der Waals surface area contributed by atoms with Crippen molar-refractivity contribution in [1.29, 1.82) is 0 Å². The van der Waals surface area contributed by atoms with E-state index in [1.807, 2.05) is 29.8 Å². The highest BCUT2D eigenvalue weighted by Gasteiger charge is 2.01. The molecular weight excluding hydrogens is 190 g/mol. The van der Waals surface area contributed by atoms with Gasteiger partial charge in [-0.05, 0) is 18.6 Å². The van der Waals surface area contributed by atoms with Crippen LogP contribution in [0.2, 0.25) is 0 Å². The van der Waals surface area contributed by atoms with E-state index in [1.165, 1.54) is 0 Å². The first-order valence-electron chi connectivity index (χ1n) is 4.81. The molecule has 2 aromatic heterocycles. The van der Waals surface area contributed by atoms with Crippen LogP contribution in [-0.4, -0.2) is 19.6 Å². The van der Waals surface area contributed by atoms with Gasteiger partial charge in [-0.2, -0.15) is 0 Å². The van der Waals surface area contributed by atoms with Gasteiger partial charge in [-0.3, -0.25) is 4.98 Å². The topological polar surface area (TPSA) is 50.9 Å². The first kappa shape index (κ1) is 9.86. The smallest absolute Gasteiger partial charge is 0.0952 e. The van der Waals surface area contributed by atoms with Gasteiger partial charge >= 0.3 is 0 Å². The molecule has 4 heteroatoms. The number of pyridine rings is 1. The molecule has 0 aromatic carbocycles. The molecule has 1 N–H and O–H groups in total. The molecule has 0 spiro atoms. The zero-order valence-electron chi connectivity index (χ0n) is 8.59. The van der Waals surface area contributed by atoms with Crippen LogP contribution in [0.15, 0.2) is 30.9 Å². The lowest BCUT2D eigenvalue weighted by atomic mass is 10.2. The molecule has 4 nitrogen and oxygen atoms in total. The predicted octanol–water partition coefficient (Wildman–Crippen LogP) is 1.13. The number of aliphatic hydroxyl groups is 1. The van der Waals surface area contributed by atoms with E-state index in [0.717, 1.165) is 17.0 Å². The Morgan fingerprint density at radius 1 is 1.33 bits per heavy atom. The van der Waals surface area contributed by atoms with Crippen molar-refractivity contribution in [3.63, 3.8) is 0 Å². The van der Waals surface area contributed by atoms with E-state index in [0.29, 0.717) is 6.54 Å². The molecule has 0 atom stereocenters. The van der Waals surface area contributed by atoms with Crippen LogP contribution in [0.1, 0.15) is 17.0 Å². The summed E-state index contributed by atoms with van der Waals surface area (Å²) in [5, 5.41) is 9.05. The van der Waals surface area contributed by atoms with Gasteiger partial charge in [-0.1, -0.05) is 6.07 Å². The van der Waals surface area contributed by atoms with Crippen molar-refractivity contribution in [1.82, 2.24) is 14.5 Å². The fourth-order valence-corrected chi connectivity index (χ4v) is 1.41. The number of aromatic nitrogens is 3. The minimum absolute atomic E-state index is 0.0132. The quantitative estimate of drug-likeness (QED) is 0.813. The van der Waals surface area contributed by atoms with E-state index in [2.05, 4.69) is 9.97 Å². The van der Waals surface area contributed by atoms with Gasteiger partial charge in [0.1, 0.15) is 0 Å². The van der Waals surface area contributed by atoms with Gasteiger partial charge in [0.05, 0.1) is 31.4 Å². The lowest BCUT2D eigenvalue weighted by Gasteiger charge is -2.05. The molecule has 2 heterocycles. The fourth-order valence-electron chi connectivity index (χ4n) is 1.41. The van der Waals surface area contributed by atoms with Crippen molar-refractivity contribution in [3.8, 4) is 0 Å². The highest BCUT2D eigenvalue weighted by molar-refractivity contribution is 5.14. The number of hydrogen-bond acceptors (Lipinski definition) is 3. The summed E-state index contributed by atoms with van der Waals surface area (Å²) < 4.78 is 1.91. The molecule has 78 valence electrons. The lowest BCUT2D eigenvalue weighted by molar-refractivity contribution is 0.271. The summed E-state index contributed by atoms with van der Waals surface area (Å²) in [7, 11) is 0. The predicted molar refractivity (Wildman–Crippen MR) is 56.2 cm³/mol. The zero-order valence-corrected chi connectivity index (χ0v) is 8.59. The van der Waals surface area contributed by atoms with Crippen LogP contribution >= 0.6 is 0 Å². The van der Waals surface area contributed by atoms with Gasteiger partial charge in [0.2, 0.25) is 0 Å². The average Bonchev–Trinajstić information content (AvgIpc) is 2.69. The minimum Gasteiger partial charge on any atom is -0.390 e. The molecule has 0 fully saturated rings. The van der Waals surface area contributed by atoms with E-state index in [9.17, 15) is 0 Å². The van der Waals surface area contributed by atoms with Crippen molar-refractivity contribution in [3.05, 3.63) is 47.8 Å². The van der Waals surface area contributed by atoms with Crippen molar-refractivity contribution in [2.75, 3.05) is 0 Å². The van der Waals surface area contributed by atoms with Crippen molar-refractivity contribution in [2.24, 2.45) is 0 Å². The fraction of sp³-hybridized carbons (Fsp3) is 0.273. The first-order chi connectivity index (χ1) is 7.29. The van der Waals surface area contributed by atoms with Crippen LogP contribution in [0.3, 0.4) is 0 Å². The number of imidazole rings is 1. The number of hydrogen-bond donors (Lipinski definition) is 1. The summed E-state index contributed by atoms with van der Waals surface area (Å²) in [5.74, 6) is 0. The molecule has 0 amide bonds. The minimum atomic E-state index is 0.0132. The van der Waals surface area contributed by atoms with Crippen molar-refractivity contribution >= 4 is 0 Å². The second kappa shape index (κ2) is 4.23. The van der Waals surface area contributed by atoms with Crippen LogP contribution in [0.4, 0.5) is 0 Å². The van der Waals surface area contributed by atoms with Gasteiger partial charge < -0.3 is 9.67 Å². The third-order valence-corrected chi connectivity index (χ3v) is 2.29. The molecular formula is C11H13N3O. The van der Waals surface area contributed by atoms with Gasteiger partial charge in [0.25, 0.3) is 0 Å². The number of aliphatic hydroxyl groups excluding tert-OH is 1. The number of rotatable bonds is 3. The Hall–Kier alpha value is -1.68. The van der Waals surface area contributed by atoms with Crippen molar-refractivity contribution in [2.45, 2.75) is 20.1 Å². The molecule has 15 heavy (non-hydrogen) atoms. The highest BCUT2D eigenvalue weighted by Crippen LogP contribution is 2.05. The number of nitrogens with zero attached hydrogens (tertiary/aromatic N) is 3. The highest BCUT2D eigenvalue weighted by atomic mass is 16.3. The Morgan fingerprint density at radius 2 is 2.20 bits per heavy atom. The Bertz CT molecular complexity index is 433. The third kappa shape index (κ3) is 2.22. The van der Waals surface area contributed by atoms with E-state index in [4.69, 9.17) is 5.11 Å². The summed E-state index contributed by atoms with van der Waals surface area (Å²) in [6, 6.07) is 4.01. The van der Waals surface area contributed by atoms with Gasteiger partial charge in [0.15, 0.2) is 0 Å². The van der Waals surface area contributed by atoms with E-state index < -0.39 is 0 Å². The molecule has 2 rings (SSSR count). The van der Waals surface area contributed by atoms with Crippen LogP contribution in [0.25, 0.3) is 0 Å². The maximum Gasteiger partial charge on any atom is 0.0952 e. The third-order valence-electron chi connectivity index (χ3n) is 2.29. The summed E-state index contributed by atoms with van der Waals surface area (Å²) in [4.78, 5) is 8.21. The Labute approximate surface area is 88.2 Å². The van der Waals surface area contributed by atoms with E-state index in [-0.39, 0.29) is 6.61 Å². The van der Waals surface area contributed by atoms with Gasteiger partial charge in [-0.25, -0.2) is 4.98 Å². The Kier molecular flexibility index (Phi) is 2.78. The molecule has 2 aromatic rings. The second-order valence-electron chi connectivity index (χ2n) is 3.48. The van der Waals surface area contributed by atoms with Gasteiger partial charge in [0, 0.05) is 11.9 Å². The van der Waals surface area contributed by atoms with Crippen LogP contribution in [-0.2, 0) is 13.2 Å². The van der Waals surface area contributed by atoms with E-state index >= 15 is 0 Å². The van der Waals surface area contributed by atoms with Crippen molar-refractivity contribution < 1.29 is 5.11 Å². The zero-order chi connectivity index (χ0) is 10.7. The second-order valence-corrected chi connectivity index (χ2v) is 3.48. The monoisotopic (exact) mass is 203 g/mol. The molecule has 0 saturated heterocycles. The van der Waals surface area contributed by atoms with Crippen LogP contribution in [0, 0.1) is 6.92 Å². The summed E-state index contributed by atoms with van der Waals surface area (Å²) >= 11 is 0. The average molecular weight is 203 g/mol. The molecule has 0 saturated carbocycles. The van der Waals surface area contributed by atoms with E-state index in [1.54, 1.807) is 12.5 Å². The molecule has 0 aliphatic rings. The summed E-state index contributed by atoms with van der Waals surface area (Å²) in [5.41, 5.74) is 2.93. The summed E-state index contributed by atoms with van der Waals surface area (Å²) in [6.45, 7) is 2.67. The number of aryl methyl sites for hydroxylation is 1. The SMILES string of the molecule is Cc1ccc(Cn2cncc2CO)cn1. The molecule has 0 unspecified atom stereocenters. The lowest BCUT2D eigenvalue weighted by Crippen LogP contribution is -2.03. The maximum atomic E-state index is 9.05. The van der Waals surface area contributed by atoms with Gasteiger partial charge in [-0.15, -0.1) is 0 Å². The molecule has 0 radical (unpaired) electrons. The molecule has 0 aliphatic heterocycles. The van der Waals surface area contributed by atoms with Crippen LogP contribution < -0.4 is 0 Å². The Balaban J connectivity index is 2.18. The maximum absolute atomic E-state index is 9.05. The van der Waals surface area contributed by atoms with Crippen LogP contribution in [0.5, 0.6) is 0 Å². The Morgan fingerprint density at radius 3 is 2.87 bits per heavy atom. The molecule has 0 aliphatic carbocycles. The normalized spacial score (nSPS) is 10.5.